The first-order valence-electron chi connectivity index (χ1n) is 16.8. The maximum atomic E-state index is 12.4. The van der Waals surface area contributed by atoms with Crippen molar-refractivity contribution >= 4 is 23.6 Å². The average molecular weight is 785 g/mol. The minimum absolute atomic E-state index is 0.461. The van der Waals surface area contributed by atoms with Crippen LogP contribution < -0.4 is 21.3 Å². The lowest BCUT2D eigenvalue weighted by Gasteiger charge is -2.33. The van der Waals surface area contributed by atoms with Crippen LogP contribution in [0.15, 0.2) is 20.5 Å². The Labute approximate surface area is 315 Å². The Kier molecular flexibility index (Phi) is 20.6. The maximum absolute atomic E-state index is 12.4. The molecule has 0 saturated heterocycles. The summed E-state index contributed by atoms with van der Waals surface area (Å²) in [7, 11) is 0. The number of nitrogens with one attached hydrogen (secondary N) is 4. The molecule has 0 aliphatic heterocycles. The van der Waals surface area contributed by atoms with E-state index in [1.807, 2.05) is 0 Å². The number of aliphatic hydroxyl groups is 10. The number of aliphatic hydroxyl groups excluding tert-OH is 10. The largest absolute Gasteiger partial charge is 0.394 e. The van der Waals surface area contributed by atoms with E-state index in [4.69, 9.17) is 0 Å². The third-order valence-electron chi connectivity index (χ3n) is 8.12. The van der Waals surface area contributed by atoms with Gasteiger partial charge in [0.05, 0.1) is 77.1 Å². The highest BCUT2D eigenvalue weighted by atomic mass is 16.3. The van der Waals surface area contributed by atoms with E-state index in [-0.39, 0.29) is 0 Å². The normalized spacial score (nSPS) is 13.7. The molecule has 0 heterocycles. The summed E-state index contributed by atoms with van der Waals surface area (Å²) in [5.41, 5.74) is -11.5. The topological polar surface area (TPSA) is 368 Å². The van der Waals surface area contributed by atoms with Gasteiger partial charge in [-0.1, -0.05) is 0 Å². The molecule has 0 aliphatic carbocycles. The molecule has 0 aromatic rings. The molecule has 0 saturated carbocycles. The van der Waals surface area contributed by atoms with Gasteiger partial charge in [0.25, 0.3) is 0 Å². The van der Waals surface area contributed by atoms with Crippen LogP contribution in [0.1, 0.15) is 69.2 Å². The van der Waals surface area contributed by atoms with Crippen LogP contribution in [-0.2, 0) is 19.2 Å². The molecule has 4 amide bonds. The van der Waals surface area contributed by atoms with Gasteiger partial charge in [-0.25, -0.2) is 0 Å². The smallest absolute Gasteiger partial charge is 0.249 e. The van der Waals surface area contributed by atoms with Gasteiger partial charge in [0, 0.05) is 0 Å². The summed E-state index contributed by atoms with van der Waals surface area (Å²) in [6.07, 6.45) is 0. The summed E-state index contributed by atoms with van der Waals surface area (Å²) in [4.78, 5) is 49.5. The second kappa shape index (κ2) is 21.1. The minimum atomic E-state index is -1.64. The number of azo groups is 2. The summed E-state index contributed by atoms with van der Waals surface area (Å²) in [5, 5.41) is 118. The number of carbonyl (C=O) groups excluding carboxylic acids is 4. The van der Waals surface area contributed by atoms with Crippen molar-refractivity contribution in [2.75, 3.05) is 66.1 Å². The quantitative estimate of drug-likeness (QED) is 0.0460. The van der Waals surface area contributed by atoms with Crippen LogP contribution in [0.25, 0.3) is 0 Å². The zero-order chi connectivity index (χ0) is 43.0. The van der Waals surface area contributed by atoms with Crippen molar-refractivity contribution in [1.29, 1.82) is 0 Å². The van der Waals surface area contributed by atoms with Crippen molar-refractivity contribution in [3.05, 3.63) is 0 Å². The first kappa shape index (κ1) is 52.8. The van der Waals surface area contributed by atoms with Crippen LogP contribution in [0.2, 0.25) is 0 Å². The molecule has 22 nitrogen and oxygen atoms in total. The van der Waals surface area contributed by atoms with Gasteiger partial charge in [-0.2, -0.15) is 20.5 Å². The van der Waals surface area contributed by atoms with Crippen LogP contribution in [-0.4, -0.2) is 185 Å². The predicted octanol–water partition coefficient (Wildman–Crippen LogP) is -4.63. The van der Waals surface area contributed by atoms with Crippen molar-refractivity contribution in [1.82, 2.24) is 21.3 Å². The van der Waals surface area contributed by atoms with E-state index in [9.17, 15) is 70.2 Å². The van der Waals surface area contributed by atoms with Crippen LogP contribution in [0.4, 0.5) is 0 Å². The van der Waals surface area contributed by atoms with E-state index < -0.39 is 134 Å². The third-order valence-corrected chi connectivity index (χ3v) is 8.12. The Morgan fingerprint density at radius 3 is 0.648 bits per heavy atom. The second-order valence-corrected chi connectivity index (χ2v) is 15.7. The number of amides is 4. The zero-order valence-corrected chi connectivity index (χ0v) is 33.0. The van der Waals surface area contributed by atoms with Gasteiger partial charge in [-0.05, 0) is 69.2 Å². The maximum Gasteiger partial charge on any atom is 0.249 e. The molecule has 0 radical (unpaired) electrons. The Bertz CT molecular complexity index is 1160. The van der Waals surface area contributed by atoms with Crippen molar-refractivity contribution in [2.45, 2.75) is 114 Å². The summed E-state index contributed by atoms with van der Waals surface area (Å²) in [6.45, 7) is 8.22. The monoisotopic (exact) mass is 784 g/mol. The molecular formula is C32H64N8O14. The van der Waals surface area contributed by atoms with Crippen molar-refractivity contribution in [3.8, 4) is 0 Å². The summed E-state index contributed by atoms with van der Waals surface area (Å²) in [5.74, 6) is -2.70. The van der Waals surface area contributed by atoms with Crippen LogP contribution >= 0.6 is 0 Å². The lowest BCUT2D eigenvalue weighted by molar-refractivity contribution is -0.131. The van der Waals surface area contributed by atoms with E-state index >= 15 is 0 Å². The van der Waals surface area contributed by atoms with Crippen molar-refractivity contribution < 1.29 is 70.2 Å². The van der Waals surface area contributed by atoms with Gasteiger partial charge in [-0.15, -0.1) is 0 Å². The molecule has 0 fully saturated rings. The third kappa shape index (κ3) is 15.4. The van der Waals surface area contributed by atoms with Gasteiger partial charge in [-0.3, -0.25) is 19.2 Å². The molecule has 0 aromatic carbocycles. The molecule has 0 aromatic heterocycles. The highest BCUT2D eigenvalue weighted by molar-refractivity contribution is 5.88. The standard InChI is InChI=1S/C16H32N4O8.C16H32N4O6/c1-13(2,11(27)17-15(5-21,6-22)7-23)19-20-14(3,4)12(28)18-16(8-24,9-25)10-26;1-13(2,11(25)17-15(5,7-21)8-22)19-20-14(3,4)12(26)18-16(6,9-23)10-24/h21-26H,5-10H2,1-4H3,(H,17,27)(H,18,28);21-24H,7-10H2,1-6H3,(H,17,25)(H,18,26). The lowest BCUT2D eigenvalue weighted by atomic mass is 9.98. The first-order chi connectivity index (χ1) is 24.5. The lowest BCUT2D eigenvalue weighted by Crippen LogP contribution is -2.61. The highest BCUT2D eigenvalue weighted by Crippen LogP contribution is 2.20. The van der Waals surface area contributed by atoms with E-state index in [1.165, 1.54) is 69.2 Å². The molecule has 0 spiro atoms. The molecule has 14 N–H and O–H groups in total. The van der Waals surface area contributed by atoms with E-state index in [0.717, 1.165) is 0 Å². The summed E-state index contributed by atoms with van der Waals surface area (Å²) in [6, 6.07) is 0. The molecule has 0 aliphatic rings. The molecule has 54 heavy (non-hydrogen) atoms. The van der Waals surface area contributed by atoms with Crippen molar-refractivity contribution in [2.24, 2.45) is 20.5 Å². The van der Waals surface area contributed by atoms with Crippen molar-refractivity contribution in [3.63, 3.8) is 0 Å². The Morgan fingerprint density at radius 1 is 0.333 bits per heavy atom. The molecule has 0 unspecified atom stereocenters. The van der Waals surface area contributed by atoms with Crippen LogP contribution in [0, 0.1) is 0 Å². The number of rotatable bonds is 22. The number of nitrogens with zero attached hydrogens (tertiary/aromatic N) is 4. The van der Waals surface area contributed by atoms with Gasteiger partial charge < -0.3 is 72.3 Å². The predicted molar refractivity (Wildman–Crippen MR) is 192 cm³/mol. The summed E-state index contributed by atoms with van der Waals surface area (Å²) < 4.78 is 0. The number of hydrogen-bond acceptors (Lipinski definition) is 18. The van der Waals surface area contributed by atoms with Gasteiger partial charge >= 0.3 is 0 Å². The highest BCUT2D eigenvalue weighted by Gasteiger charge is 2.41. The molecule has 0 atom stereocenters. The molecular weight excluding hydrogens is 720 g/mol. The fraction of sp³-hybridized carbons (Fsp3) is 0.875. The van der Waals surface area contributed by atoms with E-state index in [0.29, 0.717) is 0 Å². The van der Waals surface area contributed by atoms with Gasteiger partial charge in [0.1, 0.15) is 11.1 Å². The first-order valence-corrected chi connectivity index (χ1v) is 16.8. The van der Waals surface area contributed by atoms with Crippen LogP contribution in [0.3, 0.4) is 0 Å². The van der Waals surface area contributed by atoms with E-state index in [2.05, 4.69) is 41.7 Å². The van der Waals surface area contributed by atoms with Gasteiger partial charge in [0.2, 0.25) is 23.6 Å². The Hall–Kier alpha value is -3.32. The Balaban J connectivity index is 0. The number of carbonyl (C=O) groups is 4. The van der Waals surface area contributed by atoms with Gasteiger partial charge in [0.15, 0.2) is 22.2 Å². The molecule has 316 valence electrons. The molecule has 0 bridgehead atoms. The zero-order valence-electron chi connectivity index (χ0n) is 33.0. The summed E-state index contributed by atoms with van der Waals surface area (Å²) >= 11 is 0. The fourth-order valence-electron chi connectivity index (χ4n) is 3.12. The second-order valence-electron chi connectivity index (χ2n) is 15.7. The van der Waals surface area contributed by atoms with E-state index in [1.54, 1.807) is 0 Å². The SMILES string of the molecule is CC(C)(N=NC(C)(C)C(=O)NC(CO)(CO)CO)C(=O)NC(CO)(CO)CO.CC(CO)(CO)NC(=O)C(C)(C)N=NC(C)(C)C(=O)NC(C)(CO)CO. The molecule has 0 rings (SSSR count). The average Bonchev–Trinajstić information content (AvgIpc) is 3.14. The van der Waals surface area contributed by atoms with Crippen LogP contribution in [0.5, 0.6) is 0 Å². The molecule has 22 heteroatoms. The number of hydrogen-bond donors (Lipinski definition) is 14. The fourth-order valence-corrected chi connectivity index (χ4v) is 3.12. The Morgan fingerprint density at radius 2 is 0.500 bits per heavy atom. The minimum Gasteiger partial charge on any atom is -0.394 e.